The van der Waals surface area contributed by atoms with E-state index >= 15 is 0 Å². The molecule has 0 saturated carbocycles. The van der Waals surface area contributed by atoms with E-state index in [1.54, 1.807) is 19.1 Å². The Morgan fingerprint density at radius 2 is 1.89 bits per heavy atom. The molecule has 1 aliphatic rings. The van der Waals surface area contributed by atoms with Crippen LogP contribution in [0.25, 0.3) is 16.7 Å². The number of rotatable bonds is 11. The molecule has 1 heterocycles. The van der Waals surface area contributed by atoms with E-state index in [2.05, 4.69) is 11.5 Å². The van der Waals surface area contributed by atoms with Gasteiger partial charge in [-0.05, 0) is 78.3 Å². The molecule has 1 fully saturated rings. The Labute approximate surface area is 224 Å². The third kappa shape index (κ3) is 6.76. The van der Waals surface area contributed by atoms with Crippen LogP contribution in [-0.4, -0.2) is 52.9 Å². The van der Waals surface area contributed by atoms with Crippen LogP contribution >= 0.6 is 0 Å². The zero-order valence-corrected chi connectivity index (χ0v) is 22.1. The highest BCUT2D eigenvalue weighted by Crippen LogP contribution is 2.32. The minimum atomic E-state index is -0.854. The number of likely N-dealkylation sites (tertiary alicyclic amines) is 1. The number of hydrogen-bond donors (Lipinski definition) is 2. The number of halogens is 1. The molecule has 200 valence electrons. The lowest BCUT2D eigenvalue weighted by molar-refractivity contribution is -0.136. The van der Waals surface area contributed by atoms with Crippen LogP contribution in [0.2, 0.25) is 0 Å². The van der Waals surface area contributed by atoms with Crippen LogP contribution in [-0.2, 0) is 16.0 Å². The van der Waals surface area contributed by atoms with Gasteiger partial charge < -0.3 is 14.9 Å². The number of carboxylic acid groups (broad SMARTS) is 1. The second-order valence-electron chi connectivity index (χ2n) is 10.1. The third-order valence-electron chi connectivity index (χ3n) is 7.31. The van der Waals surface area contributed by atoms with Crippen molar-refractivity contribution in [1.82, 2.24) is 4.90 Å². The fraction of sp³-hybridized carbons (Fsp3) is 0.344. The van der Waals surface area contributed by atoms with Gasteiger partial charge in [0, 0.05) is 12.6 Å². The maximum absolute atomic E-state index is 14.1. The summed E-state index contributed by atoms with van der Waals surface area (Å²) in [5.74, 6) is -1.08. The average molecular weight is 518 g/mol. The third-order valence-corrected chi connectivity index (χ3v) is 7.31. The van der Waals surface area contributed by atoms with Crippen LogP contribution in [0.3, 0.4) is 0 Å². The van der Waals surface area contributed by atoms with Gasteiger partial charge in [-0.1, -0.05) is 67.2 Å². The smallest absolute Gasteiger partial charge is 0.307 e. The summed E-state index contributed by atoms with van der Waals surface area (Å²) < 4.78 is 20.2. The van der Waals surface area contributed by atoms with E-state index in [4.69, 9.17) is 9.84 Å². The molecular weight excluding hydrogens is 481 g/mol. The van der Waals surface area contributed by atoms with Crippen LogP contribution in [0.15, 0.2) is 73.3 Å². The van der Waals surface area contributed by atoms with E-state index in [0.717, 1.165) is 52.8 Å². The maximum Gasteiger partial charge on any atom is 0.307 e. The van der Waals surface area contributed by atoms with Crippen LogP contribution in [0.4, 0.5) is 4.39 Å². The summed E-state index contributed by atoms with van der Waals surface area (Å²) in [6.45, 7) is 9.46. The van der Waals surface area contributed by atoms with Gasteiger partial charge in [-0.15, -0.1) is 0 Å². The Morgan fingerprint density at radius 3 is 2.61 bits per heavy atom. The molecule has 3 atom stereocenters. The highest BCUT2D eigenvalue weighted by molar-refractivity contribution is 5.72. The molecule has 2 N–H and O–H groups in total. The molecule has 1 saturated heterocycles. The maximum atomic E-state index is 14.1. The summed E-state index contributed by atoms with van der Waals surface area (Å²) in [4.78, 5) is 13.2. The number of aliphatic hydroxyl groups is 1. The monoisotopic (exact) mass is 517 g/mol. The quantitative estimate of drug-likeness (QED) is 0.324. The first-order valence-corrected chi connectivity index (χ1v) is 13.1. The fourth-order valence-electron chi connectivity index (χ4n) is 5.18. The Bertz CT molecular complexity index is 1270. The lowest BCUT2D eigenvalue weighted by Gasteiger charge is -2.29. The molecule has 0 aliphatic carbocycles. The molecule has 0 radical (unpaired) electrons. The molecule has 0 amide bonds. The van der Waals surface area contributed by atoms with Crippen molar-refractivity contribution in [1.29, 1.82) is 0 Å². The summed E-state index contributed by atoms with van der Waals surface area (Å²) in [5.41, 5.74) is 6.04. The van der Waals surface area contributed by atoms with Crippen molar-refractivity contribution in [3.63, 3.8) is 0 Å². The van der Waals surface area contributed by atoms with Gasteiger partial charge in [0.15, 0.2) is 0 Å². The van der Waals surface area contributed by atoms with Crippen LogP contribution in [0.1, 0.15) is 48.1 Å². The molecule has 5 nitrogen and oxygen atoms in total. The van der Waals surface area contributed by atoms with Crippen molar-refractivity contribution < 1.29 is 24.1 Å². The highest BCUT2D eigenvalue weighted by Gasteiger charge is 2.29. The molecule has 38 heavy (non-hydrogen) atoms. The molecule has 4 rings (SSSR count). The number of ether oxygens (including phenoxy) is 1. The molecule has 6 heteroatoms. The van der Waals surface area contributed by atoms with Crippen molar-refractivity contribution in [2.75, 3.05) is 19.7 Å². The van der Waals surface area contributed by atoms with Crippen molar-refractivity contribution >= 4 is 11.5 Å². The first-order valence-electron chi connectivity index (χ1n) is 13.1. The molecule has 0 aromatic heterocycles. The van der Waals surface area contributed by atoms with E-state index in [1.165, 1.54) is 0 Å². The lowest BCUT2D eigenvalue weighted by atomic mass is 9.95. The van der Waals surface area contributed by atoms with E-state index in [9.17, 15) is 14.3 Å². The lowest BCUT2D eigenvalue weighted by Crippen LogP contribution is -2.38. The van der Waals surface area contributed by atoms with Crippen LogP contribution in [0, 0.1) is 12.7 Å². The predicted octanol–water partition coefficient (Wildman–Crippen LogP) is 6.04. The SMILES string of the molecule is C=C(c1ccc(C)c(F)c1)[C@@H]1CCCN1C[C@@H](O)CO[C@H](C)c1ccccc1-c1ccc(CC(=O)O)cc1. The van der Waals surface area contributed by atoms with Gasteiger partial charge >= 0.3 is 5.97 Å². The van der Waals surface area contributed by atoms with E-state index in [1.807, 2.05) is 61.5 Å². The summed E-state index contributed by atoms with van der Waals surface area (Å²) in [6.07, 6.45) is 0.992. The number of nitrogens with zero attached hydrogens (tertiary/aromatic N) is 1. The summed E-state index contributed by atoms with van der Waals surface area (Å²) >= 11 is 0. The number of benzene rings is 3. The molecule has 3 aromatic carbocycles. The number of aliphatic hydroxyl groups excluding tert-OH is 1. The average Bonchev–Trinajstić information content (AvgIpc) is 3.36. The number of aliphatic carboxylic acids is 1. The molecule has 0 bridgehead atoms. The zero-order chi connectivity index (χ0) is 27.2. The van der Waals surface area contributed by atoms with Gasteiger partial charge in [0.1, 0.15) is 5.82 Å². The van der Waals surface area contributed by atoms with Gasteiger partial charge in [-0.2, -0.15) is 0 Å². The second-order valence-corrected chi connectivity index (χ2v) is 10.1. The van der Waals surface area contributed by atoms with Gasteiger partial charge in [-0.3, -0.25) is 9.69 Å². The Kier molecular flexibility index (Phi) is 9.10. The van der Waals surface area contributed by atoms with Crippen molar-refractivity contribution in [3.8, 4) is 11.1 Å². The van der Waals surface area contributed by atoms with Crippen molar-refractivity contribution in [2.24, 2.45) is 0 Å². The second kappa shape index (κ2) is 12.5. The van der Waals surface area contributed by atoms with Crippen molar-refractivity contribution in [2.45, 2.75) is 51.4 Å². The summed E-state index contributed by atoms with van der Waals surface area (Å²) in [6, 6.07) is 20.8. The topological polar surface area (TPSA) is 70.0 Å². The summed E-state index contributed by atoms with van der Waals surface area (Å²) in [7, 11) is 0. The van der Waals surface area contributed by atoms with Gasteiger partial charge in [-0.25, -0.2) is 4.39 Å². The Balaban J connectivity index is 1.36. The minimum absolute atomic E-state index is 0.00748. The molecule has 3 aromatic rings. The van der Waals surface area contributed by atoms with Gasteiger partial charge in [0.25, 0.3) is 0 Å². The number of hydrogen-bond acceptors (Lipinski definition) is 4. The van der Waals surface area contributed by atoms with Crippen LogP contribution < -0.4 is 0 Å². The Hall–Kier alpha value is -3.32. The van der Waals surface area contributed by atoms with E-state index in [-0.39, 0.29) is 31.0 Å². The van der Waals surface area contributed by atoms with E-state index in [0.29, 0.717) is 12.1 Å². The van der Waals surface area contributed by atoms with Gasteiger partial charge in [0.2, 0.25) is 0 Å². The number of aryl methyl sites for hydroxylation is 1. The molecule has 0 unspecified atom stereocenters. The minimum Gasteiger partial charge on any atom is -0.481 e. The largest absolute Gasteiger partial charge is 0.481 e. The number of carbonyl (C=O) groups is 1. The fourth-order valence-corrected chi connectivity index (χ4v) is 5.18. The molecule has 0 spiro atoms. The normalized spacial score (nSPS) is 17.3. The van der Waals surface area contributed by atoms with E-state index < -0.39 is 12.1 Å². The Morgan fingerprint density at radius 1 is 1.16 bits per heavy atom. The first kappa shape index (κ1) is 27.7. The standard InChI is InChI=1S/C32H36FNO4/c1-21-10-13-26(18-30(21)33)22(2)31-9-6-16-34(31)19-27(35)20-38-23(3)28-7-4-5-8-29(28)25-14-11-24(12-15-25)17-32(36)37/h4-5,7-8,10-15,18,23,27,31,35H,2,6,9,16-17,19-20H2,1,3H3,(H,36,37)/t23-,27-,31+/m1/s1. The zero-order valence-electron chi connectivity index (χ0n) is 22.1. The van der Waals surface area contributed by atoms with Crippen molar-refractivity contribution in [3.05, 3.63) is 101 Å². The van der Waals surface area contributed by atoms with Gasteiger partial charge in [0.05, 0.1) is 25.2 Å². The van der Waals surface area contributed by atoms with Crippen LogP contribution in [0.5, 0.6) is 0 Å². The highest BCUT2D eigenvalue weighted by atomic mass is 19.1. The summed E-state index contributed by atoms with van der Waals surface area (Å²) in [5, 5.41) is 19.9. The number of carboxylic acids is 1. The first-order chi connectivity index (χ1) is 18.2. The number of β-amino-alcohol motifs (C(OH)–C–C–N with tert-alkyl or cyclic N) is 1. The molecule has 1 aliphatic heterocycles. The molecular formula is C32H36FNO4. The predicted molar refractivity (Wildman–Crippen MR) is 148 cm³/mol.